The Bertz CT molecular complexity index is 1320. The van der Waals surface area contributed by atoms with Crippen LogP contribution in [0.1, 0.15) is 21.8 Å². The Balaban J connectivity index is 1.87. The summed E-state index contributed by atoms with van der Waals surface area (Å²) in [4.78, 5) is 29.7. The quantitative estimate of drug-likeness (QED) is 0.478. The molecule has 1 aromatic carbocycles. The van der Waals surface area contributed by atoms with E-state index in [1.807, 2.05) is 6.07 Å². The van der Waals surface area contributed by atoms with Gasteiger partial charge in [0.25, 0.3) is 5.56 Å². The minimum Gasteiger partial charge on any atom is -0.461 e. The zero-order valence-corrected chi connectivity index (χ0v) is 15.9. The summed E-state index contributed by atoms with van der Waals surface area (Å²) < 4.78 is 21.5. The maximum Gasteiger partial charge on any atom is 0.269 e. The molecule has 4 aromatic rings. The lowest BCUT2D eigenvalue weighted by Crippen LogP contribution is -2.32. The molecule has 7 heteroatoms. The minimum atomic E-state index is -0.413. The second-order valence-electron chi connectivity index (χ2n) is 6.17. The number of thiazole rings is 1. The van der Waals surface area contributed by atoms with Gasteiger partial charge in [-0.3, -0.25) is 19.1 Å². The number of rotatable bonds is 5. The number of furan rings is 1. The van der Waals surface area contributed by atoms with Crippen molar-refractivity contribution in [2.45, 2.75) is 6.54 Å². The Morgan fingerprint density at radius 1 is 1.14 bits per heavy atom. The average Bonchev–Trinajstić information content (AvgIpc) is 3.36. The molecule has 0 spiro atoms. The molecule has 0 unspecified atom stereocenters. The Hall–Kier alpha value is -3.58. The zero-order valence-electron chi connectivity index (χ0n) is 15.1. The van der Waals surface area contributed by atoms with Gasteiger partial charge in [0.05, 0.1) is 23.0 Å². The van der Waals surface area contributed by atoms with Gasteiger partial charge < -0.3 is 4.42 Å². The molecule has 0 N–H and O–H groups in total. The lowest BCUT2D eigenvalue weighted by atomic mass is 10.2. The summed E-state index contributed by atoms with van der Waals surface area (Å²) >= 11 is 1.15. The maximum atomic E-state index is 14.2. The van der Waals surface area contributed by atoms with E-state index in [4.69, 9.17) is 4.42 Å². The smallest absolute Gasteiger partial charge is 0.269 e. The Labute approximate surface area is 168 Å². The predicted molar refractivity (Wildman–Crippen MR) is 109 cm³/mol. The van der Waals surface area contributed by atoms with Crippen molar-refractivity contribution < 1.29 is 13.6 Å². The molecule has 144 valence electrons. The number of halogens is 1. The van der Waals surface area contributed by atoms with Crippen LogP contribution in [0, 0.1) is 5.82 Å². The van der Waals surface area contributed by atoms with Gasteiger partial charge in [-0.1, -0.05) is 24.3 Å². The monoisotopic (exact) mass is 406 g/mol. The number of ketones is 1. The fraction of sp³-hybridized carbons (Fsp3) is 0.0455. The highest BCUT2D eigenvalue weighted by Crippen LogP contribution is 2.07. The van der Waals surface area contributed by atoms with Gasteiger partial charge in [-0.15, -0.1) is 11.3 Å². The van der Waals surface area contributed by atoms with E-state index in [1.54, 1.807) is 54.7 Å². The molecule has 0 saturated heterocycles. The molecule has 0 aliphatic heterocycles. The van der Waals surface area contributed by atoms with Crippen LogP contribution in [0.4, 0.5) is 4.39 Å². The third-order valence-electron chi connectivity index (χ3n) is 4.21. The number of Topliss-reactive ketones (excluding diaryl/α,β-unsaturated/α-hetero) is 1. The first kappa shape index (κ1) is 18.8. The van der Waals surface area contributed by atoms with Gasteiger partial charge in [-0.2, -0.15) is 0 Å². The Kier molecular flexibility index (Phi) is 5.31. The molecule has 0 fully saturated rings. The van der Waals surface area contributed by atoms with Crippen molar-refractivity contribution in [1.29, 1.82) is 0 Å². The number of carbonyl (C=O) groups is 1. The van der Waals surface area contributed by atoms with E-state index in [-0.39, 0.29) is 23.6 Å². The highest BCUT2D eigenvalue weighted by Gasteiger charge is 2.11. The molecule has 0 amide bonds. The first-order chi connectivity index (χ1) is 14.1. The van der Waals surface area contributed by atoms with Gasteiger partial charge in [-0.05, 0) is 36.4 Å². The first-order valence-electron chi connectivity index (χ1n) is 8.77. The van der Waals surface area contributed by atoms with E-state index < -0.39 is 5.82 Å². The molecule has 0 atom stereocenters. The summed E-state index contributed by atoms with van der Waals surface area (Å²) in [6, 6.07) is 14.8. The largest absolute Gasteiger partial charge is 0.461 e. The van der Waals surface area contributed by atoms with Crippen LogP contribution >= 0.6 is 11.3 Å². The van der Waals surface area contributed by atoms with Crippen LogP contribution in [0.25, 0.3) is 12.2 Å². The van der Waals surface area contributed by atoms with Crippen molar-refractivity contribution >= 4 is 29.3 Å². The molecule has 0 saturated carbocycles. The lowest BCUT2D eigenvalue weighted by Gasteiger charge is -2.04. The summed E-state index contributed by atoms with van der Waals surface area (Å²) in [5, 5.41) is 0. The van der Waals surface area contributed by atoms with Crippen molar-refractivity contribution in [2.75, 3.05) is 0 Å². The van der Waals surface area contributed by atoms with Gasteiger partial charge in [0, 0.05) is 17.8 Å². The number of aromatic nitrogens is 2. The summed E-state index contributed by atoms with van der Waals surface area (Å²) in [5.41, 5.74) is 0.659. The third-order valence-corrected chi connectivity index (χ3v) is 5.27. The van der Waals surface area contributed by atoms with Crippen LogP contribution in [0.5, 0.6) is 0 Å². The summed E-state index contributed by atoms with van der Waals surface area (Å²) in [6.07, 6.45) is 6.02. The standard InChI is InChI=1S/C22H15FN2O3S/c23-17-8-2-1-6-15(17)14-25-21(13-18(26)19-9-5-11-28-19)29-20(22(25)27)12-16-7-3-4-10-24-16/h1-13H,14H2/b20-12+,21-13-. The van der Waals surface area contributed by atoms with Gasteiger partial charge in [0.2, 0.25) is 5.78 Å². The first-order valence-corrected chi connectivity index (χ1v) is 9.59. The van der Waals surface area contributed by atoms with Crippen LogP contribution < -0.4 is 14.8 Å². The van der Waals surface area contributed by atoms with E-state index >= 15 is 0 Å². The van der Waals surface area contributed by atoms with Crippen molar-refractivity contribution in [3.8, 4) is 0 Å². The van der Waals surface area contributed by atoms with E-state index in [9.17, 15) is 14.0 Å². The molecular formula is C22H15FN2O3S. The second-order valence-corrected chi connectivity index (χ2v) is 7.23. The second kappa shape index (κ2) is 8.20. The molecule has 3 aromatic heterocycles. The number of nitrogens with zero attached hydrogens (tertiary/aromatic N) is 2. The number of benzene rings is 1. The molecule has 0 radical (unpaired) electrons. The van der Waals surface area contributed by atoms with Crippen LogP contribution in [-0.4, -0.2) is 15.3 Å². The zero-order chi connectivity index (χ0) is 20.2. The molecule has 0 bridgehead atoms. The van der Waals surface area contributed by atoms with Crippen LogP contribution in [0.2, 0.25) is 0 Å². The van der Waals surface area contributed by atoms with E-state index in [1.165, 1.54) is 23.0 Å². The molecule has 4 rings (SSSR count). The highest BCUT2D eigenvalue weighted by molar-refractivity contribution is 7.07. The van der Waals surface area contributed by atoms with E-state index in [0.29, 0.717) is 20.5 Å². The summed E-state index contributed by atoms with van der Waals surface area (Å²) in [5.74, 6) is -0.620. The number of hydrogen-bond acceptors (Lipinski definition) is 5. The van der Waals surface area contributed by atoms with Gasteiger partial charge in [0.1, 0.15) is 10.5 Å². The van der Waals surface area contributed by atoms with Gasteiger partial charge in [0.15, 0.2) is 5.76 Å². The Morgan fingerprint density at radius 2 is 1.97 bits per heavy atom. The SMILES string of the molecule is O=C(/C=c1\s/c(=C/c2ccccn2)c(=O)n1Cc1ccccc1F)c1ccco1. The number of carbonyl (C=O) groups excluding carboxylic acids is 1. The Morgan fingerprint density at radius 3 is 2.69 bits per heavy atom. The number of pyridine rings is 1. The van der Waals surface area contributed by atoms with Crippen LogP contribution in [-0.2, 0) is 6.54 Å². The molecule has 29 heavy (non-hydrogen) atoms. The molecule has 3 heterocycles. The van der Waals surface area contributed by atoms with Crippen molar-refractivity contribution in [1.82, 2.24) is 9.55 Å². The van der Waals surface area contributed by atoms with Gasteiger partial charge in [-0.25, -0.2) is 4.39 Å². The summed E-state index contributed by atoms with van der Waals surface area (Å²) in [7, 11) is 0. The maximum absolute atomic E-state index is 14.2. The van der Waals surface area contributed by atoms with Crippen molar-refractivity contribution in [2.24, 2.45) is 0 Å². The highest BCUT2D eigenvalue weighted by atomic mass is 32.1. The van der Waals surface area contributed by atoms with E-state index in [0.717, 1.165) is 11.3 Å². The van der Waals surface area contributed by atoms with Crippen molar-refractivity contribution in [3.05, 3.63) is 109 Å². The van der Waals surface area contributed by atoms with Crippen LogP contribution in [0.3, 0.4) is 0 Å². The summed E-state index contributed by atoms with van der Waals surface area (Å²) in [6.45, 7) is 0.00926. The van der Waals surface area contributed by atoms with E-state index in [2.05, 4.69) is 4.98 Å². The normalized spacial score (nSPS) is 12.4. The predicted octanol–water partition coefficient (Wildman–Crippen LogP) is 2.58. The van der Waals surface area contributed by atoms with Gasteiger partial charge >= 0.3 is 0 Å². The fourth-order valence-corrected chi connectivity index (χ4v) is 3.81. The van der Waals surface area contributed by atoms with Crippen LogP contribution in [0.15, 0.2) is 76.3 Å². The fourth-order valence-electron chi connectivity index (χ4n) is 2.79. The topological polar surface area (TPSA) is 65.1 Å². The molecular weight excluding hydrogens is 391 g/mol. The third kappa shape index (κ3) is 4.14. The molecule has 0 aliphatic carbocycles. The molecule has 0 aliphatic rings. The van der Waals surface area contributed by atoms with Crippen molar-refractivity contribution in [3.63, 3.8) is 0 Å². The molecule has 5 nitrogen and oxygen atoms in total. The average molecular weight is 406 g/mol. The minimum absolute atomic E-state index is 0.00926. The lowest BCUT2D eigenvalue weighted by molar-refractivity contribution is 0.103. The number of hydrogen-bond donors (Lipinski definition) is 0.